The van der Waals surface area contributed by atoms with Gasteiger partial charge in [-0.1, -0.05) is 18.2 Å². The van der Waals surface area contributed by atoms with E-state index in [9.17, 15) is 9.59 Å². The number of carbonyl (C=O) groups is 2. The van der Waals surface area contributed by atoms with Crippen LogP contribution in [0.2, 0.25) is 0 Å². The van der Waals surface area contributed by atoms with Crippen molar-refractivity contribution in [2.75, 3.05) is 31.5 Å². The summed E-state index contributed by atoms with van der Waals surface area (Å²) < 4.78 is 0. The Kier molecular flexibility index (Phi) is 5.84. The van der Waals surface area contributed by atoms with E-state index in [-0.39, 0.29) is 17.9 Å². The molecule has 0 aromatic heterocycles. The number of piperazine rings is 1. The molecule has 6 heteroatoms. The molecule has 0 radical (unpaired) electrons. The highest BCUT2D eigenvalue weighted by atomic mass is 16.2. The van der Waals surface area contributed by atoms with Gasteiger partial charge < -0.3 is 10.2 Å². The number of nitrogens with one attached hydrogen (secondary N) is 1. The predicted molar refractivity (Wildman–Crippen MR) is 103 cm³/mol. The molecule has 0 unspecified atom stereocenters. The van der Waals surface area contributed by atoms with Gasteiger partial charge in [-0.3, -0.25) is 14.5 Å². The maximum atomic E-state index is 12.5. The first kappa shape index (κ1) is 18.6. The van der Waals surface area contributed by atoms with E-state index in [1.807, 2.05) is 42.2 Å². The van der Waals surface area contributed by atoms with Crippen molar-refractivity contribution in [3.05, 3.63) is 65.7 Å². The maximum absolute atomic E-state index is 12.5. The van der Waals surface area contributed by atoms with Crippen LogP contribution >= 0.6 is 0 Å². The lowest BCUT2D eigenvalue weighted by molar-refractivity contribution is -0.121. The Morgan fingerprint density at radius 1 is 1.00 bits per heavy atom. The molecule has 2 amide bonds. The highest BCUT2D eigenvalue weighted by Crippen LogP contribution is 2.13. The SMILES string of the molecule is C[C@H](C(=O)Nc1ccc(C#N)cc1)N1CCN(C(=O)c2ccccc2)CC1. The zero-order valence-electron chi connectivity index (χ0n) is 15.3. The van der Waals surface area contributed by atoms with Crippen LogP contribution in [0.15, 0.2) is 54.6 Å². The molecule has 0 saturated carbocycles. The summed E-state index contributed by atoms with van der Waals surface area (Å²) in [6.45, 7) is 4.37. The summed E-state index contributed by atoms with van der Waals surface area (Å²) in [6, 6.07) is 17.8. The zero-order valence-corrected chi connectivity index (χ0v) is 15.3. The van der Waals surface area contributed by atoms with Crippen LogP contribution in [-0.4, -0.2) is 53.8 Å². The van der Waals surface area contributed by atoms with Gasteiger partial charge in [-0.2, -0.15) is 5.26 Å². The largest absolute Gasteiger partial charge is 0.336 e. The van der Waals surface area contributed by atoms with Gasteiger partial charge >= 0.3 is 0 Å². The molecule has 0 aliphatic carbocycles. The normalized spacial score (nSPS) is 15.6. The van der Waals surface area contributed by atoms with Crippen molar-refractivity contribution in [1.82, 2.24) is 9.80 Å². The molecule has 2 aromatic rings. The second-order valence-electron chi connectivity index (χ2n) is 6.55. The number of benzene rings is 2. The average molecular weight is 362 g/mol. The number of hydrogen-bond donors (Lipinski definition) is 1. The molecule has 1 aliphatic rings. The summed E-state index contributed by atoms with van der Waals surface area (Å²) in [5.41, 5.74) is 1.92. The van der Waals surface area contributed by atoms with Gasteiger partial charge in [0.05, 0.1) is 17.7 Å². The Bertz CT molecular complexity index is 835. The number of nitrogens with zero attached hydrogens (tertiary/aromatic N) is 3. The molecule has 1 heterocycles. The van der Waals surface area contributed by atoms with Gasteiger partial charge in [0.1, 0.15) is 0 Å². The molecule has 1 fully saturated rings. The van der Waals surface area contributed by atoms with Crippen molar-refractivity contribution >= 4 is 17.5 Å². The van der Waals surface area contributed by atoms with Crippen LogP contribution < -0.4 is 5.32 Å². The van der Waals surface area contributed by atoms with Crippen LogP contribution in [0.1, 0.15) is 22.8 Å². The third-order valence-corrected chi connectivity index (χ3v) is 4.83. The molecule has 0 bridgehead atoms. The minimum atomic E-state index is -0.297. The molecule has 27 heavy (non-hydrogen) atoms. The lowest BCUT2D eigenvalue weighted by atomic mass is 10.1. The Labute approximate surface area is 159 Å². The molecule has 1 saturated heterocycles. The second kappa shape index (κ2) is 8.47. The maximum Gasteiger partial charge on any atom is 0.253 e. The highest BCUT2D eigenvalue weighted by molar-refractivity contribution is 5.95. The fourth-order valence-electron chi connectivity index (χ4n) is 3.12. The van der Waals surface area contributed by atoms with Crippen molar-refractivity contribution in [3.8, 4) is 6.07 Å². The lowest BCUT2D eigenvalue weighted by Gasteiger charge is -2.37. The van der Waals surface area contributed by atoms with Gasteiger partial charge in [-0.15, -0.1) is 0 Å². The van der Waals surface area contributed by atoms with E-state index in [1.54, 1.807) is 24.3 Å². The van der Waals surface area contributed by atoms with E-state index in [0.29, 0.717) is 43.0 Å². The molecule has 1 atom stereocenters. The van der Waals surface area contributed by atoms with E-state index >= 15 is 0 Å². The number of amides is 2. The van der Waals surface area contributed by atoms with Crippen LogP contribution in [0.5, 0.6) is 0 Å². The summed E-state index contributed by atoms with van der Waals surface area (Å²) in [4.78, 5) is 28.9. The third-order valence-electron chi connectivity index (χ3n) is 4.83. The molecule has 0 spiro atoms. The Morgan fingerprint density at radius 2 is 1.63 bits per heavy atom. The summed E-state index contributed by atoms with van der Waals surface area (Å²) >= 11 is 0. The van der Waals surface area contributed by atoms with E-state index < -0.39 is 0 Å². The standard InChI is InChI=1S/C21H22N4O2/c1-16(20(26)23-19-9-7-17(15-22)8-10-19)24-11-13-25(14-12-24)21(27)18-5-3-2-4-6-18/h2-10,16H,11-14H2,1H3,(H,23,26)/t16-/m1/s1. The summed E-state index contributed by atoms with van der Waals surface area (Å²) in [5.74, 6) is -0.0625. The topological polar surface area (TPSA) is 76.4 Å². The third kappa shape index (κ3) is 4.52. The van der Waals surface area contributed by atoms with Crippen LogP contribution in [0.3, 0.4) is 0 Å². The van der Waals surface area contributed by atoms with Gasteiger partial charge in [0.2, 0.25) is 5.91 Å². The average Bonchev–Trinajstić information content (AvgIpc) is 2.74. The smallest absolute Gasteiger partial charge is 0.253 e. The van der Waals surface area contributed by atoms with Gasteiger partial charge in [-0.05, 0) is 43.3 Å². The van der Waals surface area contributed by atoms with Crippen LogP contribution in [0, 0.1) is 11.3 Å². The molecule has 1 aliphatic heterocycles. The second-order valence-corrected chi connectivity index (χ2v) is 6.55. The first-order valence-electron chi connectivity index (χ1n) is 8.98. The van der Waals surface area contributed by atoms with Crippen molar-refractivity contribution in [2.24, 2.45) is 0 Å². The van der Waals surface area contributed by atoms with Crippen molar-refractivity contribution in [2.45, 2.75) is 13.0 Å². The zero-order chi connectivity index (χ0) is 19.2. The number of hydrogen-bond acceptors (Lipinski definition) is 4. The number of anilines is 1. The van der Waals surface area contributed by atoms with Crippen LogP contribution in [-0.2, 0) is 4.79 Å². The Balaban J connectivity index is 1.53. The van der Waals surface area contributed by atoms with Gasteiger partial charge in [0, 0.05) is 37.4 Å². The molecule has 3 rings (SSSR count). The van der Waals surface area contributed by atoms with Gasteiger partial charge in [0.15, 0.2) is 0 Å². The van der Waals surface area contributed by atoms with Gasteiger partial charge in [0.25, 0.3) is 5.91 Å². The van der Waals surface area contributed by atoms with Crippen molar-refractivity contribution < 1.29 is 9.59 Å². The number of nitriles is 1. The van der Waals surface area contributed by atoms with E-state index in [2.05, 4.69) is 16.3 Å². The highest BCUT2D eigenvalue weighted by Gasteiger charge is 2.27. The molecule has 1 N–H and O–H groups in total. The van der Waals surface area contributed by atoms with Crippen molar-refractivity contribution in [3.63, 3.8) is 0 Å². The van der Waals surface area contributed by atoms with E-state index in [1.165, 1.54) is 0 Å². The van der Waals surface area contributed by atoms with Gasteiger partial charge in [-0.25, -0.2) is 0 Å². The molecular weight excluding hydrogens is 340 g/mol. The lowest BCUT2D eigenvalue weighted by Crippen LogP contribution is -2.54. The monoisotopic (exact) mass is 362 g/mol. The van der Waals surface area contributed by atoms with Crippen LogP contribution in [0.25, 0.3) is 0 Å². The molecule has 138 valence electrons. The van der Waals surface area contributed by atoms with Crippen LogP contribution in [0.4, 0.5) is 5.69 Å². The fourth-order valence-corrected chi connectivity index (χ4v) is 3.12. The quantitative estimate of drug-likeness (QED) is 0.906. The predicted octanol–water partition coefficient (Wildman–Crippen LogP) is 2.34. The van der Waals surface area contributed by atoms with Crippen molar-refractivity contribution in [1.29, 1.82) is 5.26 Å². The Morgan fingerprint density at radius 3 is 2.22 bits per heavy atom. The number of carbonyl (C=O) groups excluding carboxylic acids is 2. The first-order valence-corrected chi connectivity index (χ1v) is 8.98. The molecular formula is C21H22N4O2. The fraction of sp³-hybridized carbons (Fsp3) is 0.286. The molecule has 6 nitrogen and oxygen atoms in total. The minimum Gasteiger partial charge on any atom is -0.336 e. The minimum absolute atomic E-state index is 0.0323. The summed E-state index contributed by atoms with van der Waals surface area (Å²) in [5, 5.41) is 11.7. The number of rotatable bonds is 4. The summed E-state index contributed by atoms with van der Waals surface area (Å²) in [6.07, 6.45) is 0. The summed E-state index contributed by atoms with van der Waals surface area (Å²) in [7, 11) is 0. The Hall–Kier alpha value is -3.17. The van der Waals surface area contributed by atoms with E-state index in [0.717, 1.165) is 0 Å². The first-order chi connectivity index (χ1) is 13.1. The van der Waals surface area contributed by atoms with E-state index in [4.69, 9.17) is 5.26 Å². The molecule has 2 aromatic carbocycles.